The Morgan fingerprint density at radius 2 is 2.29 bits per heavy atom. The summed E-state index contributed by atoms with van der Waals surface area (Å²) in [5.41, 5.74) is -0.169. The van der Waals surface area contributed by atoms with Gasteiger partial charge < -0.3 is 5.11 Å². The van der Waals surface area contributed by atoms with Crippen molar-refractivity contribution in [3.05, 3.63) is 0 Å². The van der Waals surface area contributed by atoms with E-state index in [2.05, 4.69) is 31.7 Å². The molecule has 2 unspecified atom stereocenters. The molecule has 14 heavy (non-hydrogen) atoms. The normalized spacial score (nSPS) is 28.6. The Morgan fingerprint density at radius 1 is 1.64 bits per heavy atom. The average molecular weight is 196 g/mol. The SMILES string of the molecule is CCC(CC#N)N1CCC(O)C1(C)C. The lowest BCUT2D eigenvalue weighted by Gasteiger charge is -2.38. The molecule has 0 saturated carbocycles. The Hall–Kier alpha value is -0.590. The second kappa shape index (κ2) is 4.29. The predicted molar refractivity (Wildman–Crippen MR) is 55.7 cm³/mol. The van der Waals surface area contributed by atoms with Crippen LogP contribution >= 0.6 is 0 Å². The van der Waals surface area contributed by atoms with Gasteiger partial charge in [0.05, 0.1) is 18.6 Å². The van der Waals surface area contributed by atoms with Crippen LogP contribution in [-0.4, -0.2) is 34.2 Å². The molecule has 3 nitrogen and oxygen atoms in total. The summed E-state index contributed by atoms with van der Waals surface area (Å²) < 4.78 is 0. The lowest BCUT2D eigenvalue weighted by molar-refractivity contribution is 0.0301. The lowest BCUT2D eigenvalue weighted by atomic mass is 9.96. The van der Waals surface area contributed by atoms with Gasteiger partial charge in [-0.15, -0.1) is 0 Å². The van der Waals surface area contributed by atoms with Crippen LogP contribution in [0.5, 0.6) is 0 Å². The molecule has 1 heterocycles. The summed E-state index contributed by atoms with van der Waals surface area (Å²) in [5, 5.41) is 18.5. The van der Waals surface area contributed by atoms with Gasteiger partial charge in [0.25, 0.3) is 0 Å². The molecule has 0 spiro atoms. The van der Waals surface area contributed by atoms with E-state index in [9.17, 15) is 5.11 Å². The second-order valence-electron chi connectivity index (χ2n) is 4.58. The second-order valence-corrected chi connectivity index (χ2v) is 4.58. The van der Waals surface area contributed by atoms with E-state index < -0.39 is 0 Å². The lowest BCUT2D eigenvalue weighted by Crippen LogP contribution is -2.49. The highest BCUT2D eigenvalue weighted by Crippen LogP contribution is 2.32. The van der Waals surface area contributed by atoms with Crippen LogP contribution in [0.1, 0.15) is 40.0 Å². The zero-order valence-electron chi connectivity index (χ0n) is 9.32. The number of likely N-dealkylation sites (tertiary alicyclic amines) is 1. The summed E-state index contributed by atoms with van der Waals surface area (Å²) in [5.74, 6) is 0. The monoisotopic (exact) mass is 196 g/mol. The van der Waals surface area contributed by atoms with Gasteiger partial charge in [-0.3, -0.25) is 4.90 Å². The van der Waals surface area contributed by atoms with Gasteiger partial charge >= 0.3 is 0 Å². The molecule has 80 valence electrons. The standard InChI is InChI=1S/C11H20N2O/c1-4-9(5-7-12)13-8-6-10(14)11(13,2)3/h9-10,14H,4-6,8H2,1-3H3. The van der Waals surface area contributed by atoms with Crippen molar-refractivity contribution in [1.29, 1.82) is 5.26 Å². The zero-order valence-corrected chi connectivity index (χ0v) is 9.32. The van der Waals surface area contributed by atoms with Crippen LogP contribution in [0.25, 0.3) is 0 Å². The molecule has 2 atom stereocenters. The molecule has 0 radical (unpaired) electrons. The molecule has 1 aliphatic heterocycles. The van der Waals surface area contributed by atoms with E-state index >= 15 is 0 Å². The molecule has 0 aromatic rings. The van der Waals surface area contributed by atoms with Crippen molar-refractivity contribution in [2.24, 2.45) is 0 Å². The quantitative estimate of drug-likeness (QED) is 0.744. The maximum atomic E-state index is 9.82. The highest BCUT2D eigenvalue weighted by atomic mass is 16.3. The molecule has 1 saturated heterocycles. The van der Waals surface area contributed by atoms with Crippen molar-refractivity contribution in [3.63, 3.8) is 0 Å². The summed E-state index contributed by atoms with van der Waals surface area (Å²) in [6, 6.07) is 2.52. The minimum absolute atomic E-state index is 0.169. The fraction of sp³-hybridized carbons (Fsp3) is 0.909. The molecule has 0 amide bonds. The van der Waals surface area contributed by atoms with Crippen molar-refractivity contribution in [3.8, 4) is 6.07 Å². The molecule has 3 heteroatoms. The van der Waals surface area contributed by atoms with Crippen LogP contribution in [0.2, 0.25) is 0 Å². The minimum atomic E-state index is -0.254. The first-order chi connectivity index (χ1) is 6.54. The number of aliphatic hydroxyl groups excluding tert-OH is 1. The van der Waals surface area contributed by atoms with E-state index in [4.69, 9.17) is 5.26 Å². The number of aliphatic hydroxyl groups is 1. The smallest absolute Gasteiger partial charge is 0.0730 e. The van der Waals surface area contributed by atoms with E-state index in [1.807, 2.05) is 0 Å². The third-order valence-electron chi connectivity index (χ3n) is 3.44. The largest absolute Gasteiger partial charge is 0.391 e. The highest BCUT2D eigenvalue weighted by molar-refractivity contribution is 4.99. The maximum Gasteiger partial charge on any atom is 0.0730 e. The van der Waals surface area contributed by atoms with Crippen LogP contribution in [0, 0.1) is 11.3 Å². The Labute approximate surface area is 86.3 Å². The molecule has 1 aliphatic rings. The molecule has 0 bridgehead atoms. The van der Waals surface area contributed by atoms with Crippen molar-refractivity contribution in [2.75, 3.05) is 6.54 Å². The summed E-state index contributed by atoms with van der Waals surface area (Å²) in [6.45, 7) is 7.13. The summed E-state index contributed by atoms with van der Waals surface area (Å²) >= 11 is 0. The van der Waals surface area contributed by atoms with Gasteiger partial charge in [0.2, 0.25) is 0 Å². The highest BCUT2D eigenvalue weighted by Gasteiger charge is 2.42. The minimum Gasteiger partial charge on any atom is -0.391 e. The maximum absolute atomic E-state index is 9.82. The molecule has 1 rings (SSSR count). The van der Waals surface area contributed by atoms with Crippen molar-refractivity contribution >= 4 is 0 Å². The molecule has 0 aromatic heterocycles. The number of hydrogen-bond acceptors (Lipinski definition) is 3. The van der Waals surface area contributed by atoms with Gasteiger partial charge in [-0.1, -0.05) is 6.92 Å². The number of nitrogens with zero attached hydrogens (tertiary/aromatic N) is 2. The topological polar surface area (TPSA) is 47.3 Å². The van der Waals surface area contributed by atoms with Crippen molar-refractivity contribution in [2.45, 2.75) is 57.7 Å². The van der Waals surface area contributed by atoms with Crippen molar-refractivity contribution < 1.29 is 5.11 Å². The summed E-state index contributed by atoms with van der Waals surface area (Å²) in [6.07, 6.45) is 2.11. The Morgan fingerprint density at radius 3 is 2.64 bits per heavy atom. The van der Waals surface area contributed by atoms with Gasteiger partial charge in [-0.2, -0.15) is 5.26 Å². The van der Waals surface area contributed by atoms with Crippen molar-refractivity contribution in [1.82, 2.24) is 4.90 Å². The van der Waals surface area contributed by atoms with E-state index in [0.717, 1.165) is 19.4 Å². The Bertz CT molecular complexity index is 232. The first-order valence-electron chi connectivity index (χ1n) is 5.35. The number of rotatable bonds is 3. The first-order valence-corrected chi connectivity index (χ1v) is 5.35. The predicted octanol–water partition coefficient (Wildman–Crippen LogP) is 1.52. The van der Waals surface area contributed by atoms with E-state index in [-0.39, 0.29) is 11.6 Å². The third kappa shape index (κ3) is 1.92. The van der Waals surface area contributed by atoms with Crippen LogP contribution in [0.4, 0.5) is 0 Å². The van der Waals surface area contributed by atoms with Crippen LogP contribution < -0.4 is 0 Å². The fourth-order valence-electron chi connectivity index (χ4n) is 2.33. The zero-order chi connectivity index (χ0) is 10.8. The van der Waals surface area contributed by atoms with Crippen LogP contribution in [0.15, 0.2) is 0 Å². The molecule has 0 aromatic carbocycles. The number of hydrogen-bond donors (Lipinski definition) is 1. The average Bonchev–Trinajstić information content (AvgIpc) is 2.39. The van der Waals surface area contributed by atoms with Gasteiger partial charge in [-0.05, 0) is 26.7 Å². The van der Waals surface area contributed by atoms with Gasteiger partial charge in [0.1, 0.15) is 0 Å². The number of nitriles is 1. The Kier molecular flexibility index (Phi) is 3.52. The van der Waals surface area contributed by atoms with E-state index in [1.54, 1.807) is 0 Å². The van der Waals surface area contributed by atoms with Gasteiger partial charge in [0, 0.05) is 18.1 Å². The van der Waals surface area contributed by atoms with Crippen LogP contribution in [-0.2, 0) is 0 Å². The molecule has 1 N–H and O–H groups in total. The first kappa shape index (κ1) is 11.5. The van der Waals surface area contributed by atoms with E-state index in [0.29, 0.717) is 12.5 Å². The van der Waals surface area contributed by atoms with Gasteiger partial charge in [0.15, 0.2) is 0 Å². The fourth-order valence-corrected chi connectivity index (χ4v) is 2.33. The van der Waals surface area contributed by atoms with Crippen LogP contribution in [0.3, 0.4) is 0 Å². The molecule has 1 fully saturated rings. The van der Waals surface area contributed by atoms with Gasteiger partial charge in [-0.25, -0.2) is 0 Å². The third-order valence-corrected chi connectivity index (χ3v) is 3.44. The molecular weight excluding hydrogens is 176 g/mol. The van der Waals surface area contributed by atoms with E-state index in [1.165, 1.54) is 0 Å². The summed E-state index contributed by atoms with van der Waals surface area (Å²) in [4.78, 5) is 2.28. The Balaban J connectivity index is 2.73. The molecule has 0 aliphatic carbocycles. The summed E-state index contributed by atoms with van der Waals surface area (Å²) in [7, 11) is 0. The molecular formula is C11H20N2O.